The van der Waals surface area contributed by atoms with Crippen LogP contribution in [0, 0.1) is 0 Å². The lowest BCUT2D eigenvalue weighted by molar-refractivity contribution is -0.116. The topological polar surface area (TPSA) is 26.3 Å². The van der Waals surface area contributed by atoms with Gasteiger partial charge in [0.25, 0.3) is 0 Å². The third-order valence-electron chi connectivity index (χ3n) is 0.723. The van der Waals surface area contributed by atoms with Crippen molar-refractivity contribution in [3.63, 3.8) is 0 Å². The molecule has 0 atom stereocenters. The van der Waals surface area contributed by atoms with Gasteiger partial charge in [0.15, 0.2) is 0 Å². The van der Waals surface area contributed by atoms with E-state index in [0.717, 1.165) is 6.04 Å². The smallest absolute Gasteiger partial charge is 0.229 e. The van der Waals surface area contributed by atoms with Crippen LogP contribution < -0.4 is 0 Å². The predicted octanol–water partition coefficient (Wildman–Crippen LogP) is 0.649. The van der Waals surface area contributed by atoms with Gasteiger partial charge in [0, 0.05) is 13.5 Å². The average Bonchev–Trinajstić information content (AvgIpc) is 1.66. The molecule has 0 saturated carbocycles. The highest BCUT2D eigenvalue weighted by molar-refractivity contribution is 6.27. The summed E-state index contributed by atoms with van der Waals surface area (Å²) in [5.41, 5.74) is 0. The average molecular weight is 130 g/mol. The van der Waals surface area contributed by atoms with Crippen molar-refractivity contribution in [1.82, 2.24) is 0 Å². The Morgan fingerprint density at radius 2 is 2.38 bits per heavy atom. The fraction of sp³-hybridized carbons (Fsp3) is 0.800. The SMILES string of the molecule is CO[Si]CCC(C)=O. The van der Waals surface area contributed by atoms with Gasteiger partial charge in [0.1, 0.15) is 5.78 Å². The summed E-state index contributed by atoms with van der Waals surface area (Å²) in [6.45, 7) is 1.60. The third kappa shape index (κ3) is 5.85. The Morgan fingerprint density at radius 1 is 1.75 bits per heavy atom. The molecule has 0 fully saturated rings. The predicted molar refractivity (Wildman–Crippen MR) is 32.9 cm³/mol. The molecule has 0 aromatic carbocycles. The third-order valence-corrected chi connectivity index (χ3v) is 1.47. The van der Waals surface area contributed by atoms with Gasteiger partial charge in [-0.2, -0.15) is 0 Å². The van der Waals surface area contributed by atoms with E-state index in [1.165, 1.54) is 0 Å². The van der Waals surface area contributed by atoms with E-state index in [4.69, 9.17) is 4.43 Å². The molecule has 0 spiro atoms. The molecule has 0 bridgehead atoms. The van der Waals surface area contributed by atoms with E-state index in [0.29, 0.717) is 16.2 Å². The van der Waals surface area contributed by atoms with E-state index in [-0.39, 0.29) is 5.78 Å². The first-order valence-electron chi connectivity index (χ1n) is 2.52. The molecule has 3 heteroatoms. The number of carbonyl (C=O) groups is 1. The lowest BCUT2D eigenvalue weighted by Crippen LogP contribution is -1.96. The van der Waals surface area contributed by atoms with Crippen molar-refractivity contribution < 1.29 is 9.22 Å². The second-order valence-electron chi connectivity index (χ2n) is 1.55. The zero-order valence-electron chi connectivity index (χ0n) is 5.23. The number of hydrogen-bond donors (Lipinski definition) is 0. The number of ketones is 1. The minimum atomic E-state index is 0.245. The Morgan fingerprint density at radius 3 is 2.75 bits per heavy atom. The van der Waals surface area contributed by atoms with Crippen LogP contribution >= 0.6 is 0 Å². The van der Waals surface area contributed by atoms with Gasteiger partial charge in [0.05, 0.1) is 0 Å². The van der Waals surface area contributed by atoms with Crippen LogP contribution in [0.15, 0.2) is 0 Å². The van der Waals surface area contributed by atoms with Crippen LogP contribution in [-0.4, -0.2) is 22.7 Å². The molecule has 0 saturated heterocycles. The zero-order valence-corrected chi connectivity index (χ0v) is 6.23. The minimum Gasteiger partial charge on any atom is -0.421 e. The molecule has 0 aromatic rings. The highest BCUT2D eigenvalue weighted by atomic mass is 28.2. The summed E-state index contributed by atoms with van der Waals surface area (Å²) in [6.07, 6.45) is 0.659. The van der Waals surface area contributed by atoms with Gasteiger partial charge in [-0.25, -0.2) is 0 Å². The molecule has 0 heterocycles. The van der Waals surface area contributed by atoms with Crippen LogP contribution in [0.2, 0.25) is 6.04 Å². The van der Waals surface area contributed by atoms with Crippen LogP contribution in [-0.2, 0) is 9.22 Å². The molecule has 0 amide bonds. The van der Waals surface area contributed by atoms with E-state index >= 15 is 0 Å². The van der Waals surface area contributed by atoms with Crippen LogP contribution in [0.3, 0.4) is 0 Å². The molecule has 0 unspecified atom stereocenters. The van der Waals surface area contributed by atoms with Gasteiger partial charge >= 0.3 is 0 Å². The molecule has 0 rings (SSSR count). The van der Waals surface area contributed by atoms with Gasteiger partial charge < -0.3 is 9.22 Å². The van der Waals surface area contributed by atoms with Gasteiger partial charge in [0.2, 0.25) is 9.76 Å². The van der Waals surface area contributed by atoms with Crippen molar-refractivity contribution in [2.24, 2.45) is 0 Å². The molecule has 0 aromatic heterocycles. The molecule has 0 aliphatic rings. The first-order chi connectivity index (χ1) is 3.77. The lowest BCUT2D eigenvalue weighted by atomic mass is 10.4. The Hall–Kier alpha value is -0.153. The summed E-state index contributed by atoms with van der Waals surface area (Å²) in [7, 11) is 2.14. The fourth-order valence-electron chi connectivity index (χ4n) is 0.329. The molecule has 2 nitrogen and oxygen atoms in total. The number of carbonyl (C=O) groups excluding carboxylic acids is 1. The first kappa shape index (κ1) is 7.85. The highest BCUT2D eigenvalue weighted by Gasteiger charge is 1.92. The van der Waals surface area contributed by atoms with E-state index in [9.17, 15) is 4.79 Å². The second-order valence-corrected chi connectivity index (χ2v) is 2.75. The maximum Gasteiger partial charge on any atom is 0.229 e. The standard InChI is InChI=1S/C5H10O2Si/c1-5(6)3-4-8-7-2/h3-4H2,1-2H3. The summed E-state index contributed by atoms with van der Waals surface area (Å²) in [6, 6.07) is 0.881. The van der Waals surface area contributed by atoms with Gasteiger partial charge in [-0.05, 0) is 13.0 Å². The van der Waals surface area contributed by atoms with Crippen molar-refractivity contribution in [3.8, 4) is 0 Å². The highest BCUT2D eigenvalue weighted by Crippen LogP contribution is 1.88. The summed E-state index contributed by atoms with van der Waals surface area (Å²) in [5.74, 6) is 0.245. The Bertz CT molecular complexity index is 72.8. The summed E-state index contributed by atoms with van der Waals surface area (Å²) >= 11 is 0. The minimum absolute atomic E-state index is 0.245. The Kier molecular flexibility index (Phi) is 4.90. The van der Waals surface area contributed by atoms with Crippen LogP contribution in [0.5, 0.6) is 0 Å². The van der Waals surface area contributed by atoms with Crippen molar-refractivity contribution in [1.29, 1.82) is 0 Å². The largest absolute Gasteiger partial charge is 0.421 e. The quantitative estimate of drug-likeness (QED) is 0.412. The van der Waals surface area contributed by atoms with Crippen LogP contribution in [0.1, 0.15) is 13.3 Å². The van der Waals surface area contributed by atoms with Crippen LogP contribution in [0.25, 0.3) is 0 Å². The molecule has 0 aliphatic heterocycles. The normalized spacial score (nSPS) is 9.25. The Labute approximate surface area is 52.2 Å². The van der Waals surface area contributed by atoms with E-state index in [2.05, 4.69) is 0 Å². The summed E-state index contributed by atoms with van der Waals surface area (Å²) < 4.78 is 4.77. The molecular weight excluding hydrogens is 120 g/mol. The van der Waals surface area contributed by atoms with Crippen molar-refractivity contribution in [2.45, 2.75) is 19.4 Å². The van der Waals surface area contributed by atoms with Crippen molar-refractivity contribution in [3.05, 3.63) is 0 Å². The molecule has 0 aliphatic carbocycles. The van der Waals surface area contributed by atoms with Gasteiger partial charge in [-0.3, -0.25) is 0 Å². The first-order valence-corrected chi connectivity index (χ1v) is 3.64. The molecule has 8 heavy (non-hydrogen) atoms. The monoisotopic (exact) mass is 130 g/mol. The molecule has 2 radical (unpaired) electrons. The van der Waals surface area contributed by atoms with Crippen LogP contribution in [0.4, 0.5) is 0 Å². The molecule has 46 valence electrons. The number of rotatable bonds is 4. The lowest BCUT2D eigenvalue weighted by Gasteiger charge is -1.90. The van der Waals surface area contributed by atoms with Gasteiger partial charge in [-0.15, -0.1) is 0 Å². The summed E-state index contributed by atoms with van der Waals surface area (Å²) in [4.78, 5) is 10.3. The molecule has 0 N–H and O–H groups in total. The van der Waals surface area contributed by atoms with Gasteiger partial charge in [-0.1, -0.05) is 0 Å². The maximum atomic E-state index is 10.3. The van der Waals surface area contributed by atoms with Crippen molar-refractivity contribution in [2.75, 3.05) is 7.11 Å². The maximum absolute atomic E-state index is 10.3. The number of hydrogen-bond acceptors (Lipinski definition) is 2. The van der Waals surface area contributed by atoms with E-state index in [1.807, 2.05) is 0 Å². The fourth-order valence-corrected chi connectivity index (χ4v) is 0.987. The molecular formula is C5H10O2Si. The van der Waals surface area contributed by atoms with Crippen molar-refractivity contribution >= 4 is 15.5 Å². The number of Topliss-reactive ketones (excluding diaryl/α,β-unsaturated/α-hetero) is 1. The zero-order chi connectivity index (χ0) is 6.41. The Balaban J connectivity index is 2.82. The second kappa shape index (κ2) is 4.99. The van der Waals surface area contributed by atoms with E-state index in [1.54, 1.807) is 14.0 Å². The van der Waals surface area contributed by atoms with E-state index < -0.39 is 0 Å². The summed E-state index contributed by atoms with van der Waals surface area (Å²) in [5, 5.41) is 0.